The summed E-state index contributed by atoms with van der Waals surface area (Å²) in [7, 11) is -3.50. The summed E-state index contributed by atoms with van der Waals surface area (Å²) < 4.78 is 32.4. The van der Waals surface area contributed by atoms with Gasteiger partial charge in [-0.05, 0) is 42.5 Å². The molecule has 0 spiro atoms. The Balaban J connectivity index is 1.37. The minimum atomic E-state index is -3.50. The Morgan fingerprint density at radius 3 is 2.63 bits per heavy atom. The van der Waals surface area contributed by atoms with Crippen molar-refractivity contribution in [3.8, 4) is 11.5 Å². The van der Waals surface area contributed by atoms with Crippen LogP contribution in [0.3, 0.4) is 0 Å². The van der Waals surface area contributed by atoms with Crippen LogP contribution >= 0.6 is 34.5 Å². The third-order valence-electron chi connectivity index (χ3n) is 4.73. The number of halogens is 2. The predicted molar refractivity (Wildman–Crippen MR) is 114 cm³/mol. The summed E-state index contributed by atoms with van der Waals surface area (Å²) >= 11 is 13.2. The molecule has 8 nitrogen and oxygen atoms in total. The van der Waals surface area contributed by atoms with Crippen LogP contribution in [-0.4, -0.2) is 41.9 Å². The number of aromatic nitrogens is 2. The van der Waals surface area contributed by atoms with Crippen LogP contribution in [0.15, 0.2) is 44.3 Å². The number of hydrogen-bond donors (Lipinski definition) is 1. The lowest BCUT2D eigenvalue weighted by Crippen LogP contribution is -2.41. The van der Waals surface area contributed by atoms with Crippen molar-refractivity contribution >= 4 is 56.5 Å². The second kappa shape index (κ2) is 8.64. The molecule has 1 N–H and O–H groups in total. The maximum Gasteiger partial charge on any atom is 0.322 e. The molecule has 2 aromatic heterocycles. The van der Waals surface area contributed by atoms with Gasteiger partial charge in [0.1, 0.15) is 4.21 Å². The Morgan fingerprint density at radius 1 is 1.20 bits per heavy atom. The Hall–Kier alpha value is -1.98. The molecule has 1 aliphatic rings. The van der Waals surface area contributed by atoms with Crippen molar-refractivity contribution < 1.29 is 17.6 Å². The van der Waals surface area contributed by atoms with Crippen molar-refractivity contribution in [2.45, 2.75) is 17.1 Å². The molecule has 12 heteroatoms. The van der Waals surface area contributed by atoms with Gasteiger partial charge in [0.2, 0.25) is 5.91 Å². The van der Waals surface area contributed by atoms with Crippen molar-refractivity contribution in [1.29, 1.82) is 0 Å². The number of thiophene rings is 1. The van der Waals surface area contributed by atoms with E-state index in [1.54, 1.807) is 35.7 Å². The minimum Gasteiger partial charge on any atom is -0.403 e. The van der Waals surface area contributed by atoms with E-state index in [-0.39, 0.29) is 36.8 Å². The van der Waals surface area contributed by atoms with E-state index in [0.29, 0.717) is 32.7 Å². The molecule has 1 aliphatic heterocycles. The highest BCUT2D eigenvalue weighted by Crippen LogP contribution is 2.31. The molecule has 1 aromatic carbocycles. The van der Waals surface area contributed by atoms with Gasteiger partial charge in [0.25, 0.3) is 15.9 Å². The summed E-state index contributed by atoms with van der Waals surface area (Å²) in [6, 6.07) is 8.08. The number of piperidine rings is 1. The van der Waals surface area contributed by atoms with Crippen molar-refractivity contribution in [1.82, 2.24) is 14.5 Å². The van der Waals surface area contributed by atoms with Gasteiger partial charge < -0.3 is 4.42 Å². The van der Waals surface area contributed by atoms with Gasteiger partial charge in [-0.3, -0.25) is 10.1 Å². The Kier molecular flexibility index (Phi) is 6.12. The predicted octanol–water partition coefficient (Wildman–Crippen LogP) is 4.14. The van der Waals surface area contributed by atoms with Gasteiger partial charge >= 0.3 is 6.01 Å². The quantitative estimate of drug-likeness (QED) is 0.580. The molecule has 0 aliphatic carbocycles. The van der Waals surface area contributed by atoms with E-state index in [1.165, 1.54) is 15.6 Å². The van der Waals surface area contributed by atoms with Crippen LogP contribution in [-0.2, 0) is 14.8 Å². The molecule has 4 rings (SSSR count). The first-order valence-electron chi connectivity index (χ1n) is 8.98. The fourth-order valence-electron chi connectivity index (χ4n) is 3.15. The number of sulfonamides is 1. The van der Waals surface area contributed by atoms with Gasteiger partial charge in [0.15, 0.2) is 0 Å². The fourth-order valence-corrected chi connectivity index (χ4v) is 6.25. The molecular formula is C18H16Cl2N4O4S2. The van der Waals surface area contributed by atoms with Crippen LogP contribution in [0.4, 0.5) is 6.01 Å². The lowest BCUT2D eigenvalue weighted by molar-refractivity contribution is -0.121. The van der Waals surface area contributed by atoms with E-state index in [9.17, 15) is 13.2 Å². The summed E-state index contributed by atoms with van der Waals surface area (Å²) in [5, 5.41) is 12.9. The molecule has 1 saturated heterocycles. The van der Waals surface area contributed by atoms with E-state index in [2.05, 4.69) is 15.5 Å². The SMILES string of the molecule is O=C(Nc1nnc(-c2ccc(Cl)cc2Cl)o1)C1CCN(S(=O)(=O)c2cccs2)CC1. The normalized spacial score (nSPS) is 15.9. The zero-order valence-corrected chi connectivity index (χ0v) is 18.6. The topological polar surface area (TPSA) is 105 Å². The molecule has 0 unspecified atom stereocenters. The van der Waals surface area contributed by atoms with Crippen molar-refractivity contribution in [2.75, 3.05) is 18.4 Å². The first kappa shape index (κ1) is 21.3. The van der Waals surface area contributed by atoms with Crippen LogP contribution in [0, 0.1) is 5.92 Å². The van der Waals surface area contributed by atoms with Crippen LogP contribution < -0.4 is 5.32 Å². The summed E-state index contributed by atoms with van der Waals surface area (Å²) in [6.45, 7) is 0.543. The maximum atomic E-state index is 12.6. The monoisotopic (exact) mass is 486 g/mol. The molecule has 30 heavy (non-hydrogen) atoms. The number of carbonyl (C=O) groups is 1. The number of rotatable bonds is 5. The highest BCUT2D eigenvalue weighted by Gasteiger charge is 2.33. The van der Waals surface area contributed by atoms with Gasteiger partial charge in [0, 0.05) is 24.0 Å². The Morgan fingerprint density at radius 2 is 1.97 bits per heavy atom. The summed E-state index contributed by atoms with van der Waals surface area (Å²) in [5.41, 5.74) is 0.501. The largest absolute Gasteiger partial charge is 0.403 e. The average molecular weight is 487 g/mol. The third kappa shape index (κ3) is 4.37. The van der Waals surface area contributed by atoms with Crippen LogP contribution in [0.5, 0.6) is 0 Å². The Labute approximate surface area is 186 Å². The number of amides is 1. The minimum absolute atomic E-state index is 0.0466. The van der Waals surface area contributed by atoms with E-state index in [1.807, 2.05) is 0 Å². The molecule has 1 amide bonds. The van der Waals surface area contributed by atoms with Crippen molar-refractivity contribution in [3.05, 3.63) is 45.8 Å². The number of hydrogen-bond acceptors (Lipinski definition) is 7. The van der Waals surface area contributed by atoms with Gasteiger partial charge in [-0.1, -0.05) is 34.4 Å². The number of anilines is 1. The third-order valence-corrected chi connectivity index (χ3v) is 8.55. The highest BCUT2D eigenvalue weighted by molar-refractivity contribution is 7.91. The van der Waals surface area contributed by atoms with Crippen LogP contribution in [0.25, 0.3) is 11.5 Å². The second-order valence-electron chi connectivity index (χ2n) is 6.64. The molecule has 3 aromatic rings. The molecule has 1 fully saturated rings. The molecule has 0 bridgehead atoms. The van der Waals surface area contributed by atoms with Gasteiger partial charge in [0.05, 0.1) is 10.6 Å². The van der Waals surface area contributed by atoms with Gasteiger partial charge in [-0.25, -0.2) is 8.42 Å². The lowest BCUT2D eigenvalue weighted by Gasteiger charge is -2.29. The summed E-state index contributed by atoms with van der Waals surface area (Å²) in [5.74, 6) is -0.487. The summed E-state index contributed by atoms with van der Waals surface area (Å²) in [6.07, 6.45) is 0.806. The van der Waals surface area contributed by atoms with Crippen LogP contribution in [0.1, 0.15) is 12.8 Å². The zero-order valence-electron chi connectivity index (χ0n) is 15.4. The van der Waals surface area contributed by atoms with Crippen molar-refractivity contribution in [2.24, 2.45) is 5.92 Å². The second-order valence-corrected chi connectivity index (χ2v) is 10.6. The summed E-state index contributed by atoms with van der Waals surface area (Å²) in [4.78, 5) is 12.6. The molecular weight excluding hydrogens is 471 g/mol. The maximum absolute atomic E-state index is 12.6. The van der Waals surface area contributed by atoms with E-state index in [0.717, 1.165) is 0 Å². The first-order chi connectivity index (χ1) is 14.3. The fraction of sp³-hybridized carbons (Fsp3) is 0.278. The first-order valence-corrected chi connectivity index (χ1v) is 12.1. The number of nitrogens with one attached hydrogen (secondary N) is 1. The van der Waals surface area contributed by atoms with E-state index >= 15 is 0 Å². The molecule has 0 atom stereocenters. The number of benzene rings is 1. The standard InChI is InChI=1S/C18H16Cl2N4O4S2/c19-12-3-4-13(14(20)10-12)17-22-23-18(28-17)21-16(25)11-5-7-24(8-6-11)30(26,27)15-2-1-9-29-15/h1-4,9-11H,5-8H2,(H,21,23,25). The van der Waals surface area contributed by atoms with E-state index < -0.39 is 10.0 Å². The smallest absolute Gasteiger partial charge is 0.322 e. The number of nitrogens with zero attached hydrogens (tertiary/aromatic N) is 3. The zero-order chi connectivity index (χ0) is 21.3. The number of carbonyl (C=O) groups excluding carboxylic acids is 1. The molecule has 3 heterocycles. The lowest BCUT2D eigenvalue weighted by atomic mass is 9.97. The van der Waals surface area contributed by atoms with Crippen LogP contribution in [0.2, 0.25) is 10.0 Å². The average Bonchev–Trinajstić information content (AvgIpc) is 3.41. The van der Waals surface area contributed by atoms with E-state index in [4.69, 9.17) is 27.6 Å². The van der Waals surface area contributed by atoms with Crippen molar-refractivity contribution in [3.63, 3.8) is 0 Å². The molecule has 158 valence electrons. The highest BCUT2D eigenvalue weighted by atomic mass is 35.5. The van der Waals surface area contributed by atoms with Gasteiger partial charge in [-0.2, -0.15) is 4.31 Å². The van der Waals surface area contributed by atoms with Gasteiger partial charge in [-0.15, -0.1) is 16.4 Å². The Bertz CT molecular complexity index is 1160. The molecule has 0 radical (unpaired) electrons. The molecule has 0 saturated carbocycles.